The second-order valence-electron chi connectivity index (χ2n) is 5.27. The predicted octanol–water partition coefficient (Wildman–Crippen LogP) is 2.15. The Morgan fingerprint density at radius 2 is 1.73 bits per heavy atom. The monoisotopic (exact) mass is 311 g/mol. The van der Waals surface area contributed by atoms with E-state index in [-0.39, 0.29) is 0 Å². The quantitative estimate of drug-likeness (QED) is 0.943. The number of aromatic amines is 1. The number of nitrogens with one attached hydrogen (secondary N) is 1. The largest absolute Gasteiger partial charge is 0.416 e. The summed E-state index contributed by atoms with van der Waals surface area (Å²) in [6.07, 6.45) is -2.59. The molecule has 1 aromatic carbocycles. The van der Waals surface area contributed by atoms with Gasteiger partial charge in [-0.1, -0.05) is 0 Å². The number of alkyl halides is 3. The van der Waals surface area contributed by atoms with Crippen molar-refractivity contribution in [1.82, 2.24) is 20.3 Å². The van der Waals surface area contributed by atoms with Crippen molar-refractivity contribution in [3.63, 3.8) is 0 Å². The molecule has 1 aromatic heterocycles. The van der Waals surface area contributed by atoms with Gasteiger partial charge in [0.15, 0.2) is 0 Å². The zero-order chi connectivity index (χ0) is 15.6. The molecule has 1 aliphatic heterocycles. The number of benzene rings is 1. The van der Waals surface area contributed by atoms with Crippen molar-refractivity contribution in [2.45, 2.75) is 12.7 Å². The minimum Gasteiger partial charge on any atom is -0.369 e. The topological polar surface area (TPSA) is 48.0 Å². The molecule has 3 rings (SSSR count). The zero-order valence-corrected chi connectivity index (χ0v) is 11.8. The first-order chi connectivity index (χ1) is 10.5. The summed E-state index contributed by atoms with van der Waals surface area (Å²) < 4.78 is 37.7. The van der Waals surface area contributed by atoms with Crippen molar-refractivity contribution in [3.8, 4) is 0 Å². The van der Waals surface area contributed by atoms with Crippen LogP contribution in [0.5, 0.6) is 0 Å². The second-order valence-corrected chi connectivity index (χ2v) is 5.27. The number of H-pyrrole nitrogens is 1. The molecule has 1 aliphatic rings. The highest BCUT2D eigenvalue weighted by molar-refractivity contribution is 5.48. The number of halogens is 3. The summed E-state index contributed by atoms with van der Waals surface area (Å²) in [6.45, 7) is 3.98. The molecule has 8 heteroatoms. The number of nitrogens with zero attached hydrogens (tertiary/aromatic N) is 4. The maximum Gasteiger partial charge on any atom is 0.416 e. The maximum absolute atomic E-state index is 12.6. The fraction of sp³-hybridized carbons (Fsp3) is 0.429. The highest BCUT2D eigenvalue weighted by Gasteiger charge is 2.30. The van der Waals surface area contributed by atoms with Gasteiger partial charge in [0.1, 0.15) is 0 Å². The van der Waals surface area contributed by atoms with Crippen molar-refractivity contribution in [3.05, 3.63) is 41.7 Å². The molecule has 0 bridgehead atoms. The lowest BCUT2D eigenvalue weighted by Gasteiger charge is -2.35. The molecule has 2 heterocycles. The first-order valence-electron chi connectivity index (χ1n) is 7.01. The Labute approximate surface area is 125 Å². The highest BCUT2D eigenvalue weighted by Crippen LogP contribution is 2.30. The van der Waals surface area contributed by atoms with E-state index in [1.54, 1.807) is 6.20 Å². The Bertz CT molecular complexity index is 586. The van der Waals surface area contributed by atoms with Crippen molar-refractivity contribution < 1.29 is 13.2 Å². The molecule has 0 amide bonds. The SMILES string of the molecule is FC(F)(F)c1ccc(N2CCN(Cc3cn[nH]n3)CC2)cc1. The van der Waals surface area contributed by atoms with Crippen molar-refractivity contribution in [2.24, 2.45) is 0 Å². The number of rotatable bonds is 3. The molecule has 0 unspecified atom stereocenters. The third kappa shape index (κ3) is 3.38. The molecular weight excluding hydrogens is 295 g/mol. The van der Waals surface area contributed by atoms with Gasteiger partial charge in [-0.15, -0.1) is 0 Å². The second kappa shape index (κ2) is 5.96. The van der Waals surface area contributed by atoms with Gasteiger partial charge in [0, 0.05) is 38.4 Å². The number of piperazine rings is 1. The molecule has 5 nitrogen and oxygen atoms in total. The van der Waals surface area contributed by atoms with E-state index in [0.29, 0.717) is 0 Å². The van der Waals surface area contributed by atoms with E-state index in [1.165, 1.54) is 12.1 Å². The Balaban J connectivity index is 1.57. The minimum atomic E-state index is -4.28. The molecule has 1 saturated heterocycles. The first kappa shape index (κ1) is 14.8. The number of aromatic nitrogens is 3. The molecule has 22 heavy (non-hydrogen) atoms. The number of anilines is 1. The minimum absolute atomic E-state index is 0.610. The molecule has 118 valence electrons. The fourth-order valence-electron chi connectivity index (χ4n) is 2.56. The molecular formula is C14H16F3N5. The van der Waals surface area contributed by atoms with E-state index in [1.807, 2.05) is 0 Å². The lowest BCUT2D eigenvalue weighted by molar-refractivity contribution is -0.137. The summed E-state index contributed by atoms with van der Waals surface area (Å²) in [5.41, 5.74) is 1.11. The third-order valence-corrected chi connectivity index (χ3v) is 3.78. The summed E-state index contributed by atoms with van der Waals surface area (Å²) in [6, 6.07) is 5.35. The van der Waals surface area contributed by atoms with Crippen LogP contribution in [-0.4, -0.2) is 46.5 Å². The van der Waals surface area contributed by atoms with Crippen LogP contribution in [0.3, 0.4) is 0 Å². The number of hydrogen-bond donors (Lipinski definition) is 1. The van der Waals surface area contributed by atoms with Crippen LogP contribution in [0.4, 0.5) is 18.9 Å². The van der Waals surface area contributed by atoms with Crippen LogP contribution in [0.1, 0.15) is 11.3 Å². The normalized spacial score (nSPS) is 17.0. The van der Waals surface area contributed by atoms with Gasteiger partial charge in [-0.25, -0.2) is 0 Å². The van der Waals surface area contributed by atoms with Gasteiger partial charge in [0.25, 0.3) is 0 Å². The fourth-order valence-corrected chi connectivity index (χ4v) is 2.56. The standard InChI is InChI=1S/C14H16F3N5/c15-14(16,17)11-1-3-13(4-2-11)22-7-5-21(6-8-22)10-12-9-18-20-19-12/h1-4,9H,5-8,10H2,(H,18,19,20). The lowest BCUT2D eigenvalue weighted by atomic mass is 10.1. The average molecular weight is 311 g/mol. The molecule has 0 spiro atoms. The molecule has 0 aliphatic carbocycles. The number of hydrogen-bond acceptors (Lipinski definition) is 4. The Hall–Kier alpha value is -2.09. The van der Waals surface area contributed by atoms with Crippen molar-refractivity contribution >= 4 is 5.69 Å². The Morgan fingerprint density at radius 3 is 2.27 bits per heavy atom. The van der Waals surface area contributed by atoms with E-state index in [4.69, 9.17) is 0 Å². The molecule has 2 aromatic rings. The molecule has 1 fully saturated rings. The predicted molar refractivity (Wildman–Crippen MR) is 75.3 cm³/mol. The van der Waals surface area contributed by atoms with Gasteiger partial charge in [-0.2, -0.15) is 28.6 Å². The van der Waals surface area contributed by atoms with Crippen LogP contribution in [0, 0.1) is 0 Å². The van der Waals surface area contributed by atoms with Crippen LogP contribution in [0.15, 0.2) is 30.5 Å². The van der Waals surface area contributed by atoms with E-state index in [0.717, 1.165) is 56.2 Å². The van der Waals surface area contributed by atoms with Crippen molar-refractivity contribution in [2.75, 3.05) is 31.1 Å². The van der Waals surface area contributed by atoms with Crippen LogP contribution in [-0.2, 0) is 12.7 Å². The van der Waals surface area contributed by atoms with E-state index >= 15 is 0 Å². The van der Waals surface area contributed by atoms with Gasteiger partial charge < -0.3 is 4.90 Å². The van der Waals surface area contributed by atoms with Gasteiger partial charge in [0.2, 0.25) is 0 Å². The van der Waals surface area contributed by atoms with Crippen LogP contribution in [0.2, 0.25) is 0 Å². The van der Waals surface area contributed by atoms with E-state index in [9.17, 15) is 13.2 Å². The molecule has 1 N–H and O–H groups in total. The average Bonchev–Trinajstić information content (AvgIpc) is 3.00. The van der Waals surface area contributed by atoms with E-state index in [2.05, 4.69) is 25.2 Å². The van der Waals surface area contributed by atoms with Gasteiger partial charge >= 0.3 is 6.18 Å². The van der Waals surface area contributed by atoms with Crippen LogP contribution in [0.25, 0.3) is 0 Å². The summed E-state index contributed by atoms with van der Waals surface area (Å²) in [5, 5.41) is 10.4. The smallest absolute Gasteiger partial charge is 0.369 e. The Kier molecular flexibility index (Phi) is 4.02. The summed E-state index contributed by atoms with van der Waals surface area (Å²) in [7, 11) is 0. The summed E-state index contributed by atoms with van der Waals surface area (Å²) in [4.78, 5) is 4.35. The molecule has 0 saturated carbocycles. The Morgan fingerprint density at radius 1 is 1.05 bits per heavy atom. The van der Waals surface area contributed by atoms with Gasteiger partial charge in [0.05, 0.1) is 17.5 Å². The highest BCUT2D eigenvalue weighted by atomic mass is 19.4. The third-order valence-electron chi connectivity index (χ3n) is 3.78. The first-order valence-corrected chi connectivity index (χ1v) is 7.01. The molecule has 0 radical (unpaired) electrons. The van der Waals surface area contributed by atoms with Crippen LogP contribution < -0.4 is 4.90 Å². The van der Waals surface area contributed by atoms with Gasteiger partial charge in [-0.3, -0.25) is 4.90 Å². The van der Waals surface area contributed by atoms with Gasteiger partial charge in [-0.05, 0) is 24.3 Å². The zero-order valence-electron chi connectivity index (χ0n) is 11.8. The van der Waals surface area contributed by atoms with Crippen molar-refractivity contribution in [1.29, 1.82) is 0 Å². The maximum atomic E-state index is 12.6. The lowest BCUT2D eigenvalue weighted by Crippen LogP contribution is -2.46. The summed E-state index contributed by atoms with van der Waals surface area (Å²) >= 11 is 0. The molecule has 0 atom stereocenters. The van der Waals surface area contributed by atoms with E-state index < -0.39 is 11.7 Å². The summed E-state index contributed by atoms with van der Waals surface area (Å²) in [5.74, 6) is 0. The van der Waals surface area contributed by atoms with Crippen LogP contribution >= 0.6 is 0 Å².